The Bertz CT molecular complexity index is 1110. The first-order valence-electron chi connectivity index (χ1n) is 10.4. The minimum Gasteiger partial charge on any atom is -0.496 e. The van der Waals surface area contributed by atoms with Crippen molar-refractivity contribution in [2.45, 2.75) is 38.5 Å². The van der Waals surface area contributed by atoms with Crippen molar-refractivity contribution in [1.82, 2.24) is 14.5 Å². The van der Waals surface area contributed by atoms with Gasteiger partial charge in [0.1, 0.15) is 5.75 Å². The Morgan fingerprint density at radius 2 is 1.87 bits per heavy atom. The monoisotopic (exact) mass is 439 g/mol. The second kappa shape index (κ2) is 10.5. The molecule has 0 N–H and O–H groups in total. The SMILES string of the molecule is COc1ccccc1CN(C)C(=O)CSc1nc2ccccc2c(=O)n1CCC(C)C. The second-order valence-corrected chi connectivity index (χ2v) is 8.84. The van der Waals surface area contributed by atoms with Crippen LogP contribution in [-0.4, -0.2) is 40.3 Å². The van der Waals surface area contributed by atoms with Crippen molar-refractivity contribution in [3.8, 4) is 5.75 Å². The third kappa shape index (κ3) is 5.67. The van der Waals surface area contributed by atoms with E-state index >= 15 is 0 Å². The molecule has 3 aromatic rings. The van der Waals surface area contributed by atoms with Gasteiger partial charge >= 0.3 is 0 Å². The van der Waals surface area contributed by atoms with Gasteiger partial charge in [-0.25, -0.2) is 4.98 Å². The number of carbonyl (C=O) groups is 1. The van der Waals surface area contributed by atoms with Crippen molar-refractivity contribution >= 4 is 28.6 Å². The fourth-order valence-electron chi connectivity index (χ4n) is 3.26. The molecule has 0 atom stereocenters. The number of ether oxygens (including phenoxy) is 1. The highest BCUT2D eigenvalue weighted by atomic mass is 32.2. The number of rotatable bonds is 9. The van der Waals surface area contributed by atoms with E-state index in [-0.39, 0.29) is 17.2 Å². The quantitative estimate of drug-likeness (QED) is 0.369. The van der Waals surface area contributed by atoms with Crippen molar-refractivity contribution in [2.24, 2.45) is 5.92 Å². The first kappa shape index (κ1) is 22.9. The minimum absolute atomic E-state index is 0.0336. The highest BCUT2D eigenvalue weighted by molar-refractivity contribution is 7.99. The molecule has 0 aliphatic rings. The Balaban J connectivity index is 1.78. The van der Waals surface area contributed by atoms with E-state index in [9.17, 15) is 9.59 Å². The maximum atomic E-state index is 13.1. The lowest BCUT2D eigenvalue weighted by atomic mass is 10.1. The van der Waals surface area contributed by atoms with Crippen molar-refractivity contribution < 1.29 is 9.53 Å². The van der Waals surface area contributed by atoms with Gasteiger partial charge in [-0.2, -0.15) is 0 Å². The Kier molecular flexibility index (Phi) is 7.74. The molecule has 3 rings (SSSR count). The van der Waals surface area contributed by atoms with E-state index in [0.29, 0.717) is 35.1 Å². The van der Waals surface area contributed by atoms with E-state index in [0.717, 1.165) is 17.7 Å². The predicted molar refractivity (Wildman–Crippen MR) is 126 cm³/mol. The van der Waals surface area contributed by atoms with Crippen molar-refractivity contribution in [2.75, 3.05) is 19.9 Å². The first-order valence-corrected chi connectivity index (χ1v) is 11.4. The number of methoxy groups -OCH3 is 1. The zero-order valence-corrected chi connectivity index (χ0v) is 19.3. The summed E-state index contributed by atoms with van der Waals surface area (Å²) in [5, 5.41) is 1.19. The van der Waals surface area contributed by atoms with Crippen LogP contribution < -0.4 is 10.3 Å². The maximum absolute atomic E-state index is 13.1. The molecule has 7 heteroatoms. The fraction of sp³-hybridized carbons (Fsp3) is 0.375. The van der Waals surface area contributed by atoms with Crippen LogP contribution in [-0.2, 0) is 17.9 Å². The van der Waals surface area contributed by atoms with E-state index in [1.165, 1.54) is 11.8 Å². The van der Waals surface area contributed by atoms with Crippen LogP contribution in [0.2, 0.25) is 0 Å². The molecule has 0 radical (unpaired) electrons. The summed E-state index contributed by atoms with van der Waals surface area (Å²) in [6.07, 6.45) is 0.870. The highest BCUT2D eigenvalue weighted by Crippen LogP contribution is 2.21. The maximum Gasteiger partial charge on any atom is 0.262 e. The number of carbonyl (C=O) groups excluding carboxylic acids is 1. The minimum atomic E-state index is -0.0522. The van der Waals surface area contributed by atoms with E-state index in [1.807, 2.05) is 42.5 Å². The Morgan fingerprint density at radius 3 is 2.61 bits per heavy atom. The second-order valence-electron chi connectivity index (χ2n) is 7.90. The summed E-state index contributed by atoms with van der Waals surface area (Å²) >= 11 is 1.31. The van der Waals surface area contributed by atoms with Crippen LogP contribution in [0.5, 0.6) is 5.75 Å². The molecule has 164 valence electrons. The lowest BCUT2D eigenvalue weighted by Gasteiger charge is -2.19. The molecule has 0 unspecified atom stereocenters. The number of amides is 1. The number of para-hydroxylation sites is 2. The van der Waals surface area contributed by atoms with Gasteiger partial charge in [-0.05, 0) is 30.5 Å². The highest BCUT2D eigenvalue weighted by Gasteiger charge is 2.16. The zero-order chi connectivity index (χ0) is 22.4. The Labute approximate surface area is 187 Å². The molecule has 0 bridgehead atoms. The van der Waals surface area contributed by atoms with Gasteiger partial charge in [-0.1, -0.05) is 55.9 Å². The summed E-state index contributed by atoms with van der Waals surface area (Å²) in [6, 6.07) is 15.0. The van der Waals surface area contributed by atoms with Crippen molar-refractivity contribution in [3.63, 3.8) is 0 Å². The summed E-state index contributed by atoms with van der Waals surface area (Å²) in [4.78, 5) is 32.2. The van der Waals surface area contributed by atoms with Gasteiger partial charge in [0.25, 0.3) is 5.56 Å². The molecule has 0 saturated carbocycles. The largest absolute Gasteiger partial charge is 0.496 e. The number of nitrogens with zero attached hydrogens (tertiary/aromatic N) is 3. The molecule has 0 spiro atoms. The van der Waals surface area contributed by atoms with Crippen LogP contribution in [0.4, 0.5) is 0 Å². The van der Waals surface area contributed by atoms with Gasteiger partial charge in [0.2, 0.25) is 5.91 Å². The smallest absolute Gasteiger partial charge is 0.262 e. The molecule has 0 aliphatic heterocycles. The van der Waals surface area contributed by atoms with Crippen LogP contribution in [0, 0.1) is 5.92 Å². The van der Waals surface area contributed by atoms with E-state index in [2.05, 4.69) is 13.8 Å². The molecular weight excluding hydrogens is 410 g/mol. The normalized spacial score (nSPS) is 11.1. The summed E-state index contributed by atoms with van der Waals surface area (Å²) in [6.45, 7) is 5.29. The predicted octanol–water partition coefficient (Wildman–Crippen LogP) is 4.20. The third-order valence-corrected chi connectivity index (χ3v) is 6.07. The summed E-state index contributed by atoms with van der Waals surface area (Å²) in [5.74, 6) is 1.39. The van der Waals surface area contributed by atoms with Crippen molar-refractivity contribution in [3.05, 3.63) is 64.4 Å². The number of benzene rings is 2. The fourth-order valence-corrected chi connectivity index (χ4v) is 4.22. The van der Waals surface area contributed by atoms with Crippen LogP contribution in [0.3, 0.4) is 0 Å². The van der Waals surface area contributed by atoms with Gasteiger partial charge in [0.05, 0.1) is 23.8 Å². The van der Waals surface area contributed by atoms with Gasteiger partial charge < -0.3 is 9.64 Å². The van der Waals surface area contributed by atoms with Crippen LogP contribution in [0.15, 0.2) is 58.5 Å². The summed E-state index contributed by atoms with van der Waals surface area (Å²) in [5.41, 5.74) is 1.55. The molecular formula is C24H29N3O3S. The standard InChI is InChI=1S/C24H29N3O3S/c1-17(2)13-14-27-23(29)19-10-6-7-11-20(19)25-24(27)31-16-22(28)26(3)15-18-9-5-8-12-21(18)30-4/h5-12,17H,13-16H2,1-4H3. The van der Waals surface area contributed by atoms with Crippen LogP contribution in [0.25, 0.3) is 10.9 Å². The molecule has 0 fully saturated rings. The van der Waals surface area contributed by atoms with Gasteiger partial charge in [-0.15, -0.1) is 0 Å². The van der Waals surface area contributed by atoms with E-state index in [1.54, 1.807) is 29.7 Å². The topological polar surface area (TPSA) is 64.4 Å². The number of thioether (sulfide) groups is 1. The lowest BCUT2D eigenvalue weighted by Crippen LogP contribution is -2.29. The lowest BCUT2D eigenvalue weighted by molar-refractivity contribution is -0.127. The average molecular weight is 440 g/mol. The van der Waals surface area contributed by atoms with Gasteiger partial charge in [0, 0.05) is 25.7 Å². The molecule has 1 heterocycles. The number of hydrogen-bond donors (Lipinski definition) is 0. The number of aromatic nitrogens is 2. The Morgan fingerprint density at radius 1 is 1.16 bits per heavy atom. The molecule has 31 heavy (non-hydrogen) atoms. The number of hydrogen-bond acceptors (Lipinski definition) is 5. The molecule has 2 aromatic carbocycles. The first-order chi connectivity index (χ1) is 14.9. The summed E-state index contributed by atoms with van der Waals surface area (Å²) < 4.78 is 7.09. The van der Waals surface area contributed by atoms with Crippen molar-refractivity contribution in [1.29, 1.82) is 0 Å². The van der Waals surface area contributed by atoms with Crippen LogP contribution >= 0.6 is 11.8 Å². The number of fused-ring (bicyclic) bond motifs is 1. The molecule has 1 aromatic heterocycles. The van der Waals surface area contributed by atoms with Gasteiger partial charge in [-0.3, -0.25) is 14.2 Å². The van der Waals surface area contributed by atoms with E-state index in [4.69, 9.17) is 9.72 Å². The Hall–Kier alpha value is -2.80. The molecule has 1 amide bonds. The average Bonchev–Trinajstić information content (AvgIpc) is 2.77. The summed E-state index contributed by atoms with van der Waals surface area (Å²) in [7, 11) is 3.40. The molecule has 6 nitrogen and oxygen atoms in total. The van der Waals surface area contributed by atoms with Gasteiger partial charge in [0.15, 0.2) is 5.16 Å². The van der Waals surface area contributed by atoms with E-state index < -0.39 is 0 Å². The molecule has 0 aliphatic carbocycles. The molecule has 0 saturated heterocycles. The zero-order valence-electron chi connectivity index (χ0n) is 18.5. The third-order valence-electron chi connectivity index (χ3n) is 5.11. The van der Waals surface area contributed by atoms with Crippen LogP contribution in [0.1, 0.15) is 25.8 Å².